The van der Waals surface area contributed by atoms with E-state index >= 15 is 0 Å². The van der Waals surface area contributed by atoms with E-state index in [1.807, 2.05) is 12.1 Å². The highest BCUT2D eigenvalue weighted by Crippen LogP contribution is 2.49. The standard InChI is InChI=1S/C12H13NO2S/c14-7-12(3-4-12)8-1-2-10-9(5-8)13-11(15)6-16-10/h1-2,5,14H,3-4,6-7H2,(H,13,15). The first-order valence-electron chi connectivity index (χ1n) is 5.42. The molecule has 2 N–H and O–H groups in total. The maximum absolute atomic E-state index is 11.3. The Hall–Kier alpha value is -1.00. The summed E-state index contributed by atoms with van der Waals surface area (Å²) in [5.74, 6) is 0.556. The molecule has 0 saturated heterocycles. The van der Waals surface area contributed by atoms with Crippen LogP contribution in [0.25, 0.3) is 0 Å². The number of hydrogen-bond acceptors (Lipinski definition) is 3. The van der Waals surface area contributed by atoms with Gasteiger partial charge in [0.05, 0.1) is 18.0 Å². The van der Waals surface area contributed by atoms with Gasteiger partial charge in [-0.3, -0.25) is 4.79 Å². The van der Waals surface area contributed by atoms with Crippen molar-refractivity contribution in [2.45, 2.75) is 23.2 Å². The highest BCUT2D eigenvalue weighted by molar-refractivity contribution is 8.00. The fraction of sp³-hybridized carbons (Fsp3) is 0.417. The third-order valence-corrected chi connectivity index (χ3v) is 4.45. The zero-order chi connectivity index (χ0) is 11.2. The number of carbonyl (C=O) groups excluding carboxylic acids is 1. The summed E-state index contributed by atoms with van der Waals surface area (Å²) in [4.78, 5) is 12.4. The molecule has 1 aliphatic carbocycles. The molecular weight excluding hydrogens is 222 g/mol. The average molecular weight is 235 g/mol. The van der Waals surface area contributed by atoms with Gasteiger partial charge in [0.25, 0.3) is 0 Å². The molecule has 16 heavy (non-hydrogen) atoms. The second kappa shape index (κ2) is 3.50. The van der Waals surface area contributed by atoms with E-state index in [0.29, 0.717) is 5.75 Å². The van der Waals surface area contributed by atoms with Crippen LogP contribution < -0.4 is 5.32 Å². The number of rotatable bonds is 2. The SMILES string of the molecule is O=C1CSc2ccc(C3(CO)CC3)cc2N1. The van der Waals surface area contributed by atoms with E-state index in [-0.39, 0.29) is 17.9 Å². The van der Waals surface area contributed by atoms with Crippen molar-refractivity contribution in [2.75, 3.05) is 17.7 Å². The molecule has 0 spiro atoms. The molecule has 1 saturated carbocycles. The lowest BCUT2D eigenvalue weighted by Crippen LogP contribution is -2.20. The normalized spacial score (nSPS) is 21.2. The fourth-order valence-corrected chi connectivity index (χ4v) is 2.89. The molecule has 1 amide bonds. The topological polar surface area (TPSA) is 49.3 Å². The summed E-state index contributed by atoms with van der Waals surface area (Å²) in [5, 5.41) is 12.3. The first kappa shape index (κ1) is 10.2. The van der Waals surface area contributed by atoms with Gasteiger partial charge in [-0.25, -0.2) is 0 Å². The zero-order valence-electron chi connectivity index (χ0n) is 8.82. The molecule has 0 radical (unpaired) electrons. The Labute approximate surface area is 98.2 Å². The van der Waals surface area contributed by atoms with Crippen LogP contribution in [0.5, 0.6) is 0 Å². The molecular formula is C12H13NO2S. The van der Waals surface area contributed by atoms with E-state index in [9.17, 15) is 9.90 Å². The van der Waals surface area contributed by atoms with Gasteiger partial charge in [0.1, 0.15) is 0 Å². The number of amides is 1. The molecule has 4 heteroatoms. The van der Waals surface area contributed by atoms with E-state index in [4.69, 9.17) is 0 Å². The fourth-order valence-electron chi connectivity index (χ4n) is 2.10. The van der Waals surface area contributed by atoms with Crippen molar-refractivity contribution >= 4 is 23.4 Å². The summed E-state index contributed by atoms with van der Waals surface area (Å²) in [6.45, 7) is 0.201. The lowest BCUT2D eigenvalue weighted by Gasteiger charge is -2.19. The van der Waals surface area contributed by atoms with Crippen LogP contribution >= 0.6 is 11.8 Å². The number of fused-ring (bicyclic) bond motifs is 1. The maximum Gasteiger partial charge on any atom is 0.234 e. The molecule has 2 aliphatic rings. The minimum atomic E-state index is -0.0259. The average Bonchev–Trinajstić information content (AvgIpc) is 3.09. The monoisotopic (exact) mass is 235 g/mol. The highest BCUT2D eigenvalue weighted by Gasteiger charge is 2.43. The lowest BCUT2D eigenvalue weighted by molar-refractivity contribution is -0.113. The number of nitrogens with one attached hydrogen (secondary N) is 1. The molecule has 3 nitrogen and oxygen atoms in total. The highest BCUT2D eigenvalue weighted by atomic mass is 32.2. The molecule has 1 aromatic carbocycles. The number of anilines is 1. The molecule has 0 aromatic heterocycles. The third kappa shape index (κ3) is 1.53. The molecule has 84 valence electrons. The second-order valence-electron chi connectivity index (χ2n) is 4.49. The van der Waals surface area contributed by atoms with Crippen molar-refractivity contribution in [1.82, 2.24) is 0 Å². The van der Waals surface area contributed by atoms with Crippen LogP contribution in [0.3, 0.4) is 0 Å². The van der Waals surface area contributed by atoms with Crippen LogP contribution in [-0.4, -0.2) is 23.4 Å². The molecule has 0 atom stereocenters. The number of hydrogen-bond donors (Lipinski definition) is 2. The van der Waals surface area contributed by atoms with E-state index in [1.165, 1.54) is 0 Å². The van der Waals surface area contributed by atoms with Crippen molar-refractivity contribution in [1.29, 1.82) is 0 Å². The Kier molecular flexibility index (Phi) is 2.23. The van der Waals surface area contributed by atoms with Gasteiger partial charge < -0.3 is 10.4 Å². The van der Waals surface area contributed by atoms with Gasteiger partial charge in [-0.1, -0.05) is 6.07 Å². The van der Waals surface area contributed by atoms with Crippen LogP contribution in [0.2, 0.25) is 0 Å². The first-order chi connectivity index (χ1) is 7.73. The summed E-state index contributed by atoms with van der Waals surface area (Å²) in [5.41, 5.74) is 2.03. The summed E-state index contributed by atoms with van der Waals surface area (Å²) < 4.78 is 0. The third-order valence-electron chi connectivity index (χ3n) is 3.38. The Bertz CT molecular complexity index is 454. The number of aliphatic hydroxyl groups is 1. The van der Waals surface area contributed by atoms with Crippen molar-refractivity contribution in [3.05, 3.63) is 23.8 Å². The van der Waals surface area contributed by atoms with Crippen molar-refractivity contribution < 1.29 is 9.90 Å². The Morgan fingerprint density at radius 3 is 2.94 bits per heavy atom. The van der Waals surface area contributed by atoms with Gasteiger partial charge >= 0.3 is 0 Å². The minimum Gasteiger partial charge on any atom is -0.395 e. The van der Waals surface area contributed by atoms with Crippen LogP contribution in [-0.2, 0) is 10.2 Å². The smallest absolute Gasteiger partial charge is 0.234 e. The van der Waals surface area contributed by atoms with Gasteiger partial charge in [-0.15, -0.1) is 11.8 Å². The minimum absolute atomic E-state index is 0.0259. The van der Waals surface area contributed by atoms with E-state index in [0.717, 1.165) is 29.0 Å². The van der Waals surface area contributed by atoms with Gasteiger partial charge in [-0.05, 0) is 30.5 Å². The largest absolute Gasteiger partial charge is 0.395 e. The zero-order valence-corrected chi connectivity index (χ0v) is 9.64. The number of thioether (sulfide) groups is 1. The van der Waals surface area contributed by atoms with E-state index in [2.05, 4.69) is 11.4 Å². The molecule has 1 aromatic rings. The molecule has 0 unspecified atom stereocenters. The van der Waals surface area contributed by atoms with Gasteiger partial charge in [-0.2, -0.15) is 0 Å². The quantitative estimate of drug-likeness (QED) is 0.821. The van der Waals surface area contributed by atoms with Gasteiger partial charge in [0.2, 0.25) is 5.91 Å². The Morgan fingerprint density at radius 2 is 2.25 bits per heavy atom. The molecule has 1 aliphatic heterocycles. The number of aliphatic hydroxyl groups excluding tert-OH is 1. The van der Waals surface area contributed by atoms with E-state index in [1.54, 1.807) is 11.8 Å². The lowest BCUT2D eigenvalue weighted by atomic mass is 9.96. The summed E-state index contributed by atoms with van der Waals surface area (Å²) in [6.07, 6.45) is 2.09. The second-order valence-corrected chi connectivity index (χ2v) is 5.50. The summed E-state index contributed by atoms with van der Waals surface area (Å²) in [6, 6.07) is 6.14. The van der Waals surface area contributed by atoms with Crippen molar-refractivity contribution in [2.24, 2.45) is 0 Å². The van der Waals surface area contributed by atoms with Gasteiger partial charge in [0, 0.05) is 10.3 Å². The molecule has 1 fully saturated rings. The molecule has 1 heterocycles. The summed E-state index contributed by atoms with van der Waals surface area (Å²) >= 11 is 1.57. The van der Waals surface area contributed by atoms with Crippen LogP contribution in [0, 0.1) is 0 Å². The molecule has 3 rings (SSSR count). The summed E-state index contributed by atoms with van der Waals surface area (Å²) in [7, 11) is 0. The van der Waals surface area contributed by atoms with Crippen LogP contribution in [0.15, 0.2) is 23.1 Å². The Morgan fingerprint density at radius 1 is 1.44 bits per heavy atom. The predicted molar refractivity (Wildman–Crippen MR) is 63.8 cm³/mol. The molecule has 0 bridgehead atoms. The maximum atomic E-state index is 11.3. The van der Waals surface area contributed by atoms with Crippen molar-refractivity contribution in [3.8, 4) is 0 Å². The number of carbonyl (C=O) groups is 1. The number of benzene rings is 1. The predicted octanol–water partition coefficient (Wildman–Crippen LogP) is 1.75. The van der Waals surface area contributed by atoms with Crippen molar-refractivity contribution in [3.63, 3.8) is 0 Å². The first-order valence-corrected chi connectivity index (χ1v) is 6.40. The van der Waals surface area contributed by atoms with Gasteiger partial charge in [0.15, 0.2) is 0 Å². The van der Waals surface area contributed by atoms with Crippen LogP contribution in [0.4, 0.5) is 5.69 Å². The van der Waals surface area contributed by atoms with E-state index < -0.39 is 0 Å². The van der Waals surface area contributed by atoms with Crippen LogP contribution in [0.1, 0.15) is 18.4 Å². The Balaban J connectivity index is 1.98.